The van der Waals surface area contributed by atoms with Gasteiger partial charge in [0.2, 0.25) is 0 Å². The number of hydrogen-bond donors (Lipinski definition) is 2. The largest absolute Gasteiger partial charge is 0.481 e. The monoisotopic (exact) mass is 366 g/mol. The van der Waals surface area contributed by atoms with Crippen molar-refractivity contribution in [3.8, 4) is 0 Å². The van der Waals surface area contributed by atoms with Crippen molar-refractivity contribution in [2.75, 3.05) is 19.8 Å². The Morgan fingerprint density at radius 2 is 1.38 bits per heavy atom. The van der Waals surface area contributed by atoms with E-state index in [-0.39, 0.29) is 25.7 Å². The molecule has 0 radical (unpaired) electrons. The van der Waals surface area contributed by atoms with E-state index in [2.05, 4.69) is 0 Å². The molecule has 0 aromatic heterocycles. The molecule has 0 spiro atoms. The third-order valence-corrected chi connectivity index (χ3v) is 4.29. The summed E-state index contributed by atoms with van der Waals surface area (Å²) in [7, 11) is 0. The van der Waals surface area contributed by atoms with Gasteiger partial charge in [0.05, 0.1) is 12.0 Å². The normalized spacial score (nSPS) is 23.3. The van der Waals surface area contributed by atoms with Gasteiger partial charge in [-0.2, -0.15) is 26.3 Å². The van der Waals surface area contributed by atoms with Gasteiger partial charge < -0.3 is 14.9 Å². The van der Waals surface area contributed by atoms with Crippen molar-refractivity contribution in [3.63, 3.8) is 0 Å². The van der Waals surface area contributed by atoms with Gasteiger partial charge in [0, 0.05) is 13.2 Å². The molecule has 0 bridgehead atoms. The quantitative estimate of drug-likeness (QED) is 0.734. The first kappa shape index (κ1) is 21.0. The Bertz CT molecular complexity index is 412. The van der Waals surface area contributed by atoms with Crippen molar-refractivity contribution in [3.05, 3.63) is 0 Å². The highest BCUT2D eigenvalue weighted by Crippen LogP contribution is 2.58. The van der Waals surface area contributed by atoms with Crippen LogP contribution in [0.25, 0.3) is 0 Å². The van der Waals surface area contributed by atoms with Crippen LogP contribution in [0.3, 0.4) is 0 Å². The van der Waals surface area contributed by atoms with E-state index >= 15 is 0 Å². The van der Waals surface area contributed by atoms with E-state index in [1.165, 1.54) is 12.8 Å². The SMILES string of the molecule is C1CCOC1.O=C(O)C1(C(F)(F)F)CC1.OCC1(C(F)(F)F)CC1. The number of rotatable bonds is 2. The number of aliphatic hydroxyl groups excluding tert-OH is 1. The van der Waals surface area contributed by atoms with Crippen molar-refractivity contribution >= 4 is 5.97 Å². The number of carbonyl (C=O) groups is 1. The summed E-state index contributed by atoms with van der Waals surface area (Å²) >= 11 is 0. The van der Waals surface area contributed by atoms with E-state index in [9.17, 15) is 31.1 Å². The Kier molecular flexibility index (Phi) is 6.54. The van der Waals surface area contributed by atoms with Gasteiger partial charge in [-0.15, -0.1) is 0 Å². The fourth-order valence-electron chi connectivity index (χ4n) is 1.94. The molecule has 2 N–H and O–H groups in total. The van der Waals surface area contributed by atoms with E-state index in [4.69, 9.17) is 14.9 Å². The topological polar surface area (TPSA) is 66.8 Å². The number of halogens is 6. The van der Waals surface area contributed by atoms with Crippen molar-refractivity contribution in [2.45, 2.75) is 50.9 Å². The van der Waals surface area contributed by atoms with Gasteiger partial charge in [-0.05, 0) is 38.5 Å². The van der Waals surface area contributed by atoms with Crippen molar-refractivity contribution in [1.82, 2.24) is 0 Å². The molecule has 2 aliphatic carbocycles. The molecule has 24 heavy (non-hydrogen) atoms. The Balaban J connectivity index is 0.000000189. The zero-order chi connectivity index (χ0) is 18.6. The van der Waals surface area contributed by atoms with Crippen LogP contribution in [0.15, 0.2) is 0 Å². The van der Waals surface area contributed by atoms with E-state index < -0.39 is 35.8 Å². The molecular weight excluding hydrogens is 346 g/mol. The number of alkyl halides is 6. The zero-order valence-electron chi connectivity index (χ0n) is 12.8. The summed E-state index contributed by atoms with van der Waals surface area (Å²) < 4.78 is 75.5. The molecule has 0 aromatic carbocycles. The van der Waals surface area contributed by atoms with Gasteiger partial charge >= 0.3 is 18.3 Å². The lowest BCUT2D eigenvalue weighted by atomic mass is 10.1. The van der Waals surface area contributed by atoms with E-state index in [0.29, 0.717) is 0 Å². The van der Waals surface area contributed by atoms with Gasteiger partial charge in [0.1, 0.15) is 0 Å². The second kappa shape index (κ2) is 7.47. The highest BCUT2D eigenvalue weighted by Gasteiger charge is 2.69. The van der Waals surface area contributed by atoms with Gasteiger partial charge in [0.15, 0.2) is 5.41 Å². The van der Waals surface area contributed by atoms with Gasteiger partial charge in [-0.25, -0.2) is 0 Å². The molecule has 3 rings (SSSR count). The first-order valence-corrected chi connectivity index (χ1v) is 7.47. The maximum Gasteiger partial charge on any atom is 0.404 e. The second-order valence-corrected chi connectivity index (χ2v) is 6.14. The maximum atomic E-state index is 11.8. The maximum absolute atomic E-state index is 11.8. The van der Waals surface area contributed by atoms with Crippen LogP contribution in [0, 0.1) is 10.8 Å². The van der Waals surface area contributed by atoms with Crippen LogP contribution in [0.1, 0.15) is 38.5 Å². The fourth-order valence-corrected chi connectivity index (χ4v) is 1.94. The molecule has 4 nitrogen and oxygen atoms in total. The molecule has 1 heterocycles. The van der Waals surface area contributed by atoms with Crippen LogP contribution in [-0.4, -0.2) is 48.4 Å². The summed E-state index contributed by atoms with van der Waals surface area (Å²) in [5.41, 5.74) is -4.11. The van der Waals surface area contributed by atoms with E-state index in [1.54, 1.807) is 0 Å². The molecule has 3 aliphatic rings. The smallest absolute Gasteiger partial charge is 0.404 e. The van der Waals surface area contributed by atoms with E-state index in [1.807, 2.05) is 0 Å². The predicted octanol–water partition coefficient (Wildman–Crippen LogP) is 3.53. The minimum atomic E-state index is -4.57. The summed E-state index contributed by atoms with van der Waals surface area (Å²) in [6, 6.07) is 0. The fraction of sp³-hybridized carbons (Fsp3) is 0.929. The summed E-state index contributed by atoms with van der Waals surface area (Å²) in [5.74, 6) is -1.75. The predicted molar refractivity (Wildman–Crippen MR) is 70.2 cm³/mol. The highest BCUT2D eigenvalue weighted by atomic mass is 19.4. The minimum Gasteiger partial charge on any atom is -0.481 e. The first-order valence-electron chi connectivity index (χ1n) is 7.47. The number of carboxylic acids is 1. The minimum absolute atomic E-state index is 0.0903. The third kappa shape index (κ3) is 4.98. The molecule has 1 saturated heterocycles. The molecule has 142 valence electrons. The van der Waals surface area contributed by atoms with Crippen LogP contribution < -0.4 is 0 Å². The van der Waals surface area contributed by atoms with Crippen LogP contribution in [0.5, 0.6) is 0 Å². The lowest BCUT2D eigenvalue weighted by Crippen LogP contribution is -2.32. The summed E-state index contributed by atoms with van der Waals surface area (Å²) in [4.78, 5) is 10.0. The highest BCUT2D eigenvalue weighted by molar-refractivity contribution is 5.78. The molecule has 0 amide bonds. The number of carboxylic acid groups (broad SMARTS) is 1. The van der Waals surface area contributed by atoms with E-state index in [0.717, 1.165) is 13.2 Å². The molecule has 0 unspecified atom stereocenters. The Morgan fingerprint density at radius 3 is 1.42 bits per heavy atom. The average Bonchev–Trinajstić information content (AvgIpc) is 3.36. The summed E-state index contributed by atoms with van der Waals surface area (Å²) in [5, 5.41) is 16.4. The van der Waals surface area contributed by atoms with Gasteiger partial charge in [0.25, 0.3) is 0 Å². The standard InChI is InChI=1S/C5H5F3O2.C5H7F3O.C4H8O/c6-5(7,8)4(1-2-4)3(9)10;6-5(7,8)4(3-9)1-2-4;1-2-4-5-3-1/h1-2H2,(H,9,10);9H,1-3H2;1-4H2. The molecule has 10 heteroatoms. The third-order valence-electron chi connectivity index (χ3n) is 4.29. The van der Waals surface area contributed by atoms with Gasteiger partial charge in [-0.3, -0.25) is 4.79 Å². The molecule has 0 aromatic rings. The first-order chi connectivity index (χ1) is 10.9. The second-order valence-electron chi connectivity index (χ2n) is 6.14. The Labute approximate surface area is 134 Å². The summed E-state index contributed by atoms with van der Waals surface area (Å²) in [6.07, 6.45) is -6.57. The van der Waals surface area contributed by atoms with Gasteiger partial charge in [-0.1, -0.05) is 0 Å². The lowest BCUT2D eigenvalue weighted by Gasteiger charge is -2.14. The van der Waals surface area contributed by atoms with Crippen molar-refractivity contribution < 1.29 is 46.1 Å². The number of ether oxygens (including phenoxy) is 1. The van der Waals surface area contributed by atoms with Crippen molar-refractivity contribution in [2.24, 2.45) is 10.8 Å². The zero-order valence-corrected chi connectivity index (χ0v) is 12.8. The molecule has 2 saturated carbocycles. The molecule has 1 aliphatic heterocycles. The molecular formula is C14H20F6O4. The molecule has 3 fully saturated rings. The number of aliphatic carboxylic acids is 1. The van der Waals surface area contributed by atoms with Crippen molar-refractivity contribution in [1.29, 1.82) is 0 Å². The molecule has 0 atom stereocenters. The number of aliphatic hydroxyl groups is 1. The number of hydrogen-bond acceptors (Lipinski definition) is 3. The van der Waals surface area contributed by atoms with Crippen LogP contribution in [-0.2, 0) is 9.53 Å². The van der Waals surface area contributed by atoms with Crippen LogP contribution >= 0.6 is 0 Å². The Morgan fingerprint density at radius 1 is 0.917 bits per heavy atom. The Hall–Kier alpha value is -1.03. The lowest BCUT2D eigenvalue weighted by molar-refractivity contribution is -0.202. The van der Waals surface area contributed by atoms with Crippen LogP contribution in [0.4, 0.5) is 26.3 Å². The van der Waals surface area contributed by atoms with Crippen LogP contribution in [0.2, 0.25) is 0 Å². The summed E-state index contributed by atoms with van der Waals surface area (Å²) in [6.45, 7) is 1.25. The average molecular weight is 366 g/mol.